The van der Waals surface area contributed by atoms with Crippen molar-refractivity contribution in [3.63, 3.8) is 0 Å². The lowest BCUT2D eigenvalue weighted by Gasteiger charge is -2.38. The van der Waals surface area contributed by atoms with Crippen LogP contribution in [-0.2, 0) is 4.74 Å². The molecule has 3 rings (SSSR count). The van der Waals surface area contributed by atoms with Crippen LogP contribution in [0, 0.1) is 0 Å². The normalized spacial score (nSPS) is 25.0. The molecule has 0 bridgehead atoms. The third-order valence-electron chi connectivity index (χ3n) is 5.11. The number of benzene rings is 1. The van der Waals surface area contributed by atoms with Gasteiger partial charge in [-0.15, -0.1) is 24.0 Å². The summed E-state index contributed by atoms with van der Waals surface area (Å²) >= 11 is 0. The molecule has 0 spiro atoms. The van der Waals surface area contributed by atoms with Gasteiger partial charge in [0.15, 0.2) is 5.96 Å². The predicted molar refractivity (Wildman–Crippen MR) is 120 cm³/mol. The summed E-state index contributed by atoms with van der Waals surface area (Å²) in [6.07, 6.45) is 0.894. The molecule has 1 fully saturated rings. The van der Waals surface area contributed by atoms with Crippen LogP contribution in [0.15, 0.2) is 29.3 Å². The number of morpholine rings is 1. The number of halogens is 1. The molecule has 0 amide bonds. The molecule has 152 valence electrons. The van der Waals surface area contributed by atoms with Gasteiger partial charge in [-0.1, -0.05) is 18.2 Å². The van der Waals surface area contributed by atoms with E-state index < -0.39 is 0 Å². The van der Waals surface area contributed by atoms with Crippen LogP contribution in [0.5, 0.6) is 5.75 Å². The maximum Gasteiger partial charge on any atom is 0.191 e. The molecule has 2 atom stereocenters. The van der Waals surface area contributed by atoms with Gasteiger partial charge in [0.05, 0.1) is 19.3 Å². The van der Waals surface area contributed by atoms with Gasteiger partial charge in [0, 0.05) is 44.7 Å². The van der Waals surface area contributed by atoms with Crippen molar-refractivity contribution in [1.29, 1.82) is 0 Å². The van der Waals surface area contributed by atoms with Gasteiger partial charge in [-0.05, 0) is 26.8 Å². The van der Waals surface area contributed by atoms with E-state index in [9.17, 15) is 0 Å². The molecule has 0 radical (unpaired) electrons. The molecule has 1 saturated heterocycles. The summed E-state index contributed by atoms with van der Waals surface area (Å²) in [5, 5.41) is 7.04. The van der Waals surface area contributed by atoms with Crippen LogP contribution in [0.1, 0.15) is 38.8 Å². The summed E-state index contributed by atoms with van der Waals surface area (Å²) in [6, 6.07) is 8.91. The molecule has 7 heteroatoms. The smallest absolute Gasteiger partial charge is 0.191 e. The number of hydrogen-bond acceptors (Lipinski definition) is 4. The highest BCUT2D eigenvalue weighted by Gasteiger charge is 2.34. The third kappa shape index (κ3) is 5.96. The van der Waals surface area contributed by atoms with Crippen LogP contribution in [0.25, 0.3) is 0 Å². The molecule has 2 aliphatic heterocycles. The van der Waals surface area contributed by atoms with E-state index in [1.807, 2.05) is 19.2 Å². The minimum atomic E-state index is -0.200. The molecule has 27 heavy (non-hydrogen) atoms. The maximum absolute atomic E-state index is 6.12. The van der Waals surface area contributed by atoms with Crippen LogP contribution in [-0.4, -0.2) is 62.4 Å². The first-order valence-electron chi connectivity index (χ1n) is 9.55. The number of fused-ring (bicyclic) bond motifs is 1. The Balaban J connectivity index is 0.00000261. The first kappa shape index (κ1) is 22.2. The summed E-state index contributed by atoms with van der Waals surface area (Å²) in [5.41, 5.74) is 0.991. The van der Waals surface area contributed by atoms with Gasteiger partial charge in [-0.3, -0.25) is 9.89 Å². The number of rotatable bonds is 4. The van der Waals surface area contributed by atoms with Crippen LogP contribution in [0.2, 0.25) is 0 Å². The van der Waals surface area contributed by atoms with Crippen molar-refractivity contribution in [2.75, 3.05) is 39.9 Å². The Hall–Kier alpha value is -1.06. The van der Waals surface area contributed by atoms with E-state index in [2.05, 4.69) is 53.4 Å². The third-order valence-corrected chi connectivity index (χ3v) is 5.11. The van der Waals surface area contributed by atoms with E-state index in [1.165, 1.54) is 5.56 Å². The summed E-state index contributed by atoms with van der Waals surface area (Å²) in [6.45, 7) is 11.0. The largest absolute Gasteiger partial charge is 0.487 e. The molecule has 0 saturated carbocycles. The van der Waals surface area contributed by atoms with E-state index in [0.717, 1.165) is 51.0 Å². The van der Waals surface area contributed by atoms with Crippen LogP contribution in [0.3, 0.4) is 0 Å². The molecular formula is C20H33IN4O2. The Bertz CT molecular complexity index is 638. The lowest BCUT2D eigenvalue weighted by Crippen LogP contribution is -2.49. The van der Waals surface area contributed by atoms with E-state index in [4.69, 9.17) is 9.47 Å². The van der Waals surface area contributed by atoms with E-state index in [-0.39, 0.29) is 35.6 Å². The molecule has 2 unspecified atom stereocenters. The monoisotopic (exact) mass is 488 g/mol. The summed E-state index contributed by atoms with van der Waals surface area (Å²) in [5.74, 6) is 1.79. The molecule has 2 heterocycles. The van der Waals surface area contributed by atoms with Gasteiger partial charge in [-0.25, -0.2) is 0 Å². The maximum atomic E-state index is 6.12. The molecule has 1 aromatic rings. The van der Waals surface area contributed by atoms with E-state index in [0.29, 0.717) is 6.04 Å². The van der Waals surface area contributed by atoms with Crippen molar-refractivity contribution in [3.05, 3.63) is 29.8 Å². The van der Waals surface area contributed by atoms with Crippen LogP contribution < -0.4 is 15.4 Å². The minimum absolute atomic E-state index is 0. The fourth-order valence-electron chi connectivity index (χ4n) is 3.70. The van der Waals surface area contributed by atoms with Gasteiger partial charge in [0.1, 0.15) is 11.4 Å². The molecular weight excluding hydrogens is 455 g/mol. The second-order valence-electron chi connectivity index (χ2n) is 7.76. The first-order valence-corrected chi connectivity index (χ1v) is 9.55. The highest BCUT2D eigenvalue weighted by Crippen LogP contribution is 2.39. The number of aliphatic imine (C=N–C) groups is 1. The molecule has 2 N–H and O–H groups in total. The molecule has 0 aliphatic carbocycles. The Morgan fingerprint density at radius 1 is 1.33 bits per heavy atom. The average Bonchev–Trinajstić information content (AvgIpc) is 2.61. The van der Waals surface area contributed by atoms with Gasteiger partial charge in [0.2, 0.25) is 0 Å². The number of para-hydroxylation sites is 1. The molecule has 2 aliphatic rings. The summed E-state index contributed by atoms with van der Waals surface area (Å²) in [7, 11) is 1.82. The zero-order valence-corrected chi connectivity index (χ0v) is 19.2. The standard InChI is InChI=1S/C20H32N4O2.HI/c1-15-14-25-12-11-24(15)10-9-22-19(21-4)23-17-13-20(2,3)26-18-8-6-5-7-16(17)18;/h5-8,15,17H,9-14H2,1-4H3,(H2,21,22,23);1H. The highest BCUT2D eigenvalue weighted by molar-refractivity contribution is 14.0. The van der Waals surface area contributed by atoms with E-state index >= 15 is 0 Å². The van der Waals surface area contributed by atoms with E-state index in [1.54, 1.807) is 0 Å². The number of ether oxygens (including phenoxy) is 2. The average molecular weight is 488 g/mol. The van der Waals surface area contributed by atoms with Crippen molar-refractivity contribution in [2.45, 2.75) is 44.9 Å². The minimum Gasteiger partial charge on any atom is -0.487 e. The molecule has 1 aromatic carbocycles. The fourth-order valence-corrected chi connectivity index (χ4v) is 3.70. The SMILES string of the molecule is CN=C(NCCN1CCOCC1C)NC1CC(C)(C)Oc2ccccc21.I. The Morgan fingerprint density at radius 3 is 2.85 bits per heavy atom. The molecule has 6 nitrogen and oxygen atoms in total. The topological polar surface area (TPSA) is 58.1 Å². The fraction of sp³-hybridized carbons (Fsp3) is 0.650. The van der Waals surface area contributed by atoms with Gasteiger partial charge >= 0.3 is 0 Å². The zero-order valence-electron chi connectivity index (χ0n) is 16.8. The lowest BCUT2D eigenvalue weighted by atomic mass is 9.90. The molecule has 0 aromatic heterocycles. The van der Waals surface area contributed by atoms with Crippen molar-refractivity contribution < 1.29 is 9.47 Å². The van der Waals surface area contributed by atoms with Gasteiger partial charge < -0.3 is 20.1 Å². The number of nitrogens with zero attached hydrogens (tertiary/aromatic N) is 2. The highest BCUT2D eigenvalue weighted by atomic mass is 127. The van der Waals surface area contributed by atoms with Crippen molar-refractivity contribution >= 4 is 29.9 Å². The second-order valence-corrected chi connectivity index (χ2v) is 7.76. The summed E-state index contributed by atoms with van der Waals surface area (Å²) < 4.78 is 11.6. The first-order chi connectivity index (χ1) is 12.5. The van der Waals surface area contributed by atoms with Crippen LogP contribution in [0.4, 0.5) is 0 Å². The summed E-state index contributed by atoms with van der Waals surface area (Å²) in [4.78, 5) is 6.87. The van der Waals surface area contributed by atoms with Crippen molar-refractivity contribution in [2.24, 2.45) is 4.99 Å². The second kappa shape index (κ2) is 9.93. The Morgan fingerprint density at radius 2 is 2.11 bits per heavy atom. The van der Waals surface area contributed by atoms with Gasteiger partial charge in [0.25, 0.3) is 0 Å². The van der Waals surface area contributed by atoms with Gasteiger partial charge in [-0.2, -0.15) is 0 Å². The quantitative estimate of drug-likeness (QED) is 0.388. The predicted octanol–water partition coefficient (Wildman–Crippen LogP) is 2.79. The number of guanidine groups is 1. The Labute approximate surface area is 180 Å². The van der Waals surface area contributed by atoms with Crippen molar-refractivity contribution in [1.82, 2.24) is 15.5 Å². The zero-order chi connectivity index (χ0) is 18.6. The number of nitrogens with one attached hydrogen (secondary N) is 2. The van der Waals surface area contributed by atoms with Crippen LogP contribution >= 0.6 is 24.0 Å². The van der Waals surface area contributed by atoms with Crippen molar-refractivity contribution in [3.8, 4) is 5.75 Å². The number of hydrogen-bond donors (Lipinski definition) is 2. The lowest BCUT2D eigenvalue weighted by molar-refractivity contribution is 0.000868. The Kier molecular flexibility index (Phi) is 8.18.